The van der Waals surface area contributed by atoms with Gasteiger partial charge in [0.25, 0.3) is 11.8 Å². The summed E-state index contributed by atoms with van der Waals surface area (Å²) in [4.78, 5) is 61.0. The molecule has 0 saturated carbocycles. The highest BCUT2D eigenvalue weighted by Gasteiger charge is 2.44. The molecule has 0 bridgehead atoms. The number of nitrogens with two attached hydrogens (primary N) is 1. The number of amides is 5. The summed E-state index contributed by atoms with van der Waals surface area (Å²) in [6.07, 6.45) is 0.453. The van der Waals surface area contributed by atoms with E-state index in [1.165, 1.54) is 0 Å². The van der Waals surface area contributed by atoms with Gasteiger partial charge in [0.05, 0.1) is 30.4 Å². The van der Waals surface area contributed by atoms with Crippen molar-refractivity contribution in [1.82, 2.24) is 10.2 Å². The van der Waals surface area contributed by atoms with Gasteiger partial charge in [-0.1, -0.05) is 26.8 Å². The van der Waals surface area contributed by atoms with Crippen LogP contribution in [0, 0.1) is 5.41 Å². The lowest BCUT2D eigenvalue weighted by Gasteiger charge is -2.30. The van der Waals surface area contributed by atoms with Gasteiger partial charge in [0.2, 0.25) is 11.8 Å². The molecule has 11 heteroatoms. The highest BCUT2D eigenvalue weighted by molar-refractivity contribution is 6.23. The number of piperidine rings is 1. The molecule has 3 N–H and O–H groups in total. The predicted octanol–water partition coefficient (Wildman–Crippen LogP) is 1.56. The van der Waals surface area contributed by atoms with E-state index in [2.05, 4.69) is 10.1 Å². The van der Waals surface area contributed by atoms with Gasteiger partial charge in [-0.05, 0) is 42.4 Å². The second kappa shape index (κ2) is 11.6. The zero-order chi connectivity index (χ0) is 26.5. The molecule has 2 aliphatic heterocycles. The SMILES string of the molecule is CC(C)(C)C(COCCCc1ccc2c(c1)C(=O)N(C1CCC(=O)NC1=O)C2=O)OCCOC(N)=O. The summed E-state index contributed by atoms with van der Waals surface area (Å²) in [5.41, 5.74) is 6.16. The van der Waals surface area contributed by atoms with Crippen molar-refractivity contribution in [3.63, 3.8) is 0 Å². The molecule has 196 valence electrons. The van der Waals surface area contributed by atoms with Gasteiger partial charge in [-0.25, -0.2) is 4.79 Å². The number of hydrogen-bond acceptors (Lipinski definition) is 8. The molecule has 0 spiro atoms. The molecule has 3 rings (SSSR count). The van der Waals surface area contributed by atoms with E-state index in [0.29, 0.717) is 26.1 Å². The first-order valence-electron chi connectivity index (χ1n) is 11.9. The summed E-state index contributed by atoms with van der Waals surface area (Å²) in [6, 6.07) is 4.10. The number of fused-ring (bicyclic) bond motifs is 1. The molecule has 11 nitrogen and oxygen atoms in total. The van der Waals surface area contributed by atoms with Crippen molar-refractivity contribution in [3.8, 4) is 0 Å². The second-order valence-electron chi connectivity index (χ2n) is 9.90. The maximum absolute atomic E-state index is 12.9. The van der Waals surface area contributed by atoms with Crippen molar-refractivity contribution < 1.29 is 38.2 Å². The fraction of sp³-hybridized carbons (Fsp3) is 0.560. The van der Waals surface area contributed by atoms with Crippen molar-refractivity contribution in [1.29, 1.82) is 0 Å². The first-order valence-corrected chi connectivity index (χ1v) is 11.9. The Labute approximate surface area is 209 Å². The topological polar surface area (TPSA) is 154 Å². The highest BCUT2D eigenvalue weighted by atomic mass is 16.6. The summed E-state index contributed by atoms with van der Waals surface area (Å²) < 4.78 is 16.3. The first kappa shape index (κ1) is 27.3. The number of hydrogen-bond donors (Lipinski definition) is 2. The third-order valence-corrected chi connectivity index (χ3v) is 6.14. The van der Waals surface area contributed by atoms with Gasteiger partial charge in [-0.2, -0.15) is 0 Å². The van der Waals surface area contributed by atoms with Crippen LogP contribution in [-0.4, -0.2) is 73.2 Å². The highest BCUT2D eigenvalue weighted by Crippen LogP contribution is 2.28. The van der Waals surface area contributed by atoms with E-state index in [0.717, 1.165) is 10.5 Å². The van der Waals surface area contributed by atoms with E-state index in [-0.39, 0.29) is 48.7 Å². The van der Waals surface area contributed by atoms with Crippen molar-refractivity contribution in [2.45, 2.75) is 58.6 Å². The Morgan fingerprint density at radius 2 is 1.83 bits per heavy atom. The van der Waals surface area contributed by atoms with Crippen LogP contribution >= 0.6 is 0 Å². The minimum atomic E-state index is -0.979. The molecule has 36 heavy (non-hydrogen) atoms. The molecule has 0 radical (unpaired) electrons. The first-order chi connectivity index (χ1) is 17.0. The summed E-state index contributed by atoms with van der Waals surface area (Å²) in [6.45, 7) is 7.18. The third kappa shape index (κ3) is 6.67. The third-order valence-electron chi connectivity index (χ3n) is 6.14. The molecule has 1 aromatic rings. The molecular weight excluding hydrogens is 470 g/mol. The van der Waals surface area contributed by atoms with Gasteiger partial charge in [-0.3, -0.25) is 29.4 Å². The van der Waals surface area contributed by atoms with Crippen LogP contribution in [0.25, 0.3) is 0 Å². The van der Waals surface area contributed by atoms with Crippen LogP contribution in [0.5, 0.6) is 0 Å². The van der Waals surface area contributed by atoms with Crippen molar-refractivity contribution in [2.24, 2.45) is 11.1 Å². The van der Waals surface area contributed by atoms with Crippen LogP contribution in [0.4, 0.5) is 4.79 Å². The lowest BCUT2D eigenvalue weighted by molar-refractivity contribution is -0.136. The van der Waals surface area contributed by atoms with E-state index < -0.39 is 35.8 Å². The smallest absolute Gasteiger partial charge is 0.404 e. The summed E-state index contributed by atoms with van der Waals surface area (Å²) in [5, 5.41) is 2.19. The van der Waals surface area contributed by atoms with E-state index in [9.17, 15) is 24.0 Å². The standard InChI is InChI=1S/C25H33N3O8/c1-25(2,3)19(35-11-12-36-24(26)33)14-34-10-4-5-15-6-7-16-17(13-15)23(32)28(22(16)31)18-8-9-20(29)27-21(18)30/h6-7,13,18-19H,4-5,8-12,14H2,1-3H3,(H2,26,33)(H,27,29,30). The number of carbonyl (C=O) groups is 5. The number of benzene rings is 1. The van der Waals surface area contributed by atoms with E-state index in [1.54, 1.807) is 18.2 Å². The van der Waals surface area contributed by atoms with Crippen molar-refractivity contribution in [2.75, 3.05) is 26.4 Å². The molecule has 0 aromatic heterocycles. The quantitative estimate of drug-likeness (QED) is 0.341. The number of carbonyl (C=O) groups excluding carboxylic acids is 5. The number of rotatable bonds is 11. The fourth-order valence-corrected chi connectivity index (χ4v) is 4.12. The minimum Gasteiger partial charge on any atom is -0.447 e. The maximum Gasteiger partial charge on any atom is 0.404 e. The monoisotopic (exact) mass is 503 g/mol. The lowest BCUT2D eigenvalue weighted by atomic mass is 9.89. The Morgan fingerprint density at radius 1 is 1.11 bits per heavy atom. The molecule has 2 heterocycles. The number of imide groups is 2. The zero-order valence-corrected chi connectivity index (χ0v) is 20.8. The molecule has 2 unspecified atom stereocenters. The normalized spacial score (nSPS) is 18.8. The van der Waals surface area contributed by atoms with Gasteiger partial charge in [0, 0.05) is 13.0 Å². The van der Waals surface area contributed by atoms with Gasteiger partial charge < -0.3 is 19.9 Å². The molecule has 2 atom stereocenters. The van der Waals surface area contributed by atoms with Crippen LogP contribution in [0.1, 0.15) is 66.3 Å². The summed E-state index contributed by atoms with van der Waals surface area (Å²) in [7, 11) is 0. The van der Waals surface area contributed by atoms with Crippen LogP contribution in [0.3, 0.4) is 0 Å². The number of primary amides is 1. The van der Waals surface area contributed by atoms with Crippen molar-refractivity contribution in [3.05, 3.63) is 34.9 Å². The molecule has 2 aliphatic rings. The zero-order valence-electron chi connectivity index (χ0n) is 20.8. The van der Waals surface area contributed by atoms with Crippen LogP contribution < -0.4 is 11.1 Å². The Kier molecular flexibility index (Phi) is 8.80. The largest absolute Gasteiger partial charge is 0.447 e. The van der Waals surface area contributed by atoms with Gasteiger partial charge in [-0.15, -0.1) is 0 Å². The van der Waals surface area contributed by atoms with Gasteiger partial charge in [0.15, 0.2) is 0 Å². The Morgan fingerprint density at radius 3 is 2.50 bits per heavy atom. The molecule has 1 aromatic carbocycles. The van der Waals surface area contributed by atoms with Crippen LogP contribution in [0.15, 0.2) is 18.2 Å². The predicted molar refractivity (Wildman–Crippen MR) is 127 cm³/mol. The van der Waals surface area contributed by atoms with Crippen LogP contribution in [0.2, 0.25) is 0 Å². The second-order valence-corrected chi connectivity index (χ2v) is 9.90. The summed E-state index contributed by atoms with van der Waals surface area (Å²) in [5.74, 6) is -2.08. The molecule has 1 saturated heterocycles. The fourth-order valence-electron chi connectivity index (χ4n) is 4.12. The minimum absolute atomic E-state index is 0.0719. The molecular formula is C25H33N3O8. The van der Waals surface area contributed by atoms with Gasteiger partial charge >= 0.3 is 6.09 Å². The van der Waals surface area contributed by atoms with Crippen LogP contribution in [-0.2, 0) is 30.2 Å². The maximum atomic E-state index is 12.9. The average molecular weight is 504 g/mol. The van der Waals surface area contributed by atoms with E-state index in [1.807, 2.05) is 20.8 Å². The van der Waals surface area contributed by atoms with E-state index >= 15 is 0 Å². The van der Waals surface area contributed by atoms with Crippen molar-refractivity contribution >= 4 is 29.7 Å². The number of aryl methyl sites for hydroxylation is 1. The van der Waals surface area contributed by atoms with Gasteiger partial charge in [0.1, 0.15) is 12.6 Å². The molecule has 1 fully saturated rings. The molecule has 5 amide bonds. The number of nitrogens with zero attached hydrogens (tertiary/aromatic N) is 1. The summed E-state index contributed by atoms with van der Waals surface area (Å²) >= 11 is 0. The lowest BCUT2D eigenvalue weighted by Crippen LogP contribution is -2.54. The van der Waals surface area contributed by atoms with E-state index in [4.69, 9.17) is 15.2 Å². The number of nitrogens with one attached hydrogen (secondary N) is 1. The Hall–Kier alpha value is -3.31. The number of ether oxygens (including phenoxy) is 3. The molecule has 0 aliphatic carbocycles. The Bertz CT molecular complexity index is 1030. The Balaban J connectivity index is 1.50. The average Bonchev–Trinajstić information content (AvgIpc) is 3.03.